The van der Waals surface area contributed by atoms with E-state index < -0.39 is 5.82 Å². The third kappa shape index (κ3) is 1.26. The lowest BCUT2D eigenvalue weighted by atomic mass is 10.1. The number of rotatable bonds is 0. The van der Waals surface area contributed by atoms with Gasteiger partial charge in [-0.05, 0) is 34.5 Å². The van der Waals surface area contributed by atoms with Crippen LogP contribution in [0.15, 0.2) is 22.9 Å². The fraction of sp³-hybridized carbons (Fsp3) is 0.100. The molecule has 1 aromatic carbocycles. The number of hydrogen-bond donors (Lipinski definition) is 1. The molecule has 0 aliphatic heterocycles. The van der Waals surface area contributed by atoms with Gasteiger partial charge >= 0.3 is 0 Å². The number of phenols is 1. The van der Waals surface area contributed by atoms with Crippen LogP contribution in [0.1, 0.15) is 5.56 Å². The quantitative estimate of drug-likeness (QED) is 0.785. The molecule has 0 atom stereocenters. The maximum atomic E-state index is 13.2. The first-order chi connectivity index (χ1) is 6.61. The molecule has 0 unspecified atom stereocenters. The number of phenolic OH excluding ortho intramolecular Hbond substituents is 1. The van der Waals surface area contributed by atoms with E-state index in [1.807, 2.05) is 0 Å². The summed E-state index contributed by atoms with van der Waals surface area (Å²) in [6, 6.07) is 1.23. The monoisotopic (exact) mass is 255 g/mol. The summed E-state index contributed by atoms with van der Waals surface area (Å²) in [4.78, 5) is 3.98. The van der Waals surface area contributed by atoms with Crippen LogP contribution in [0.5, 0.6) is 5.75 Å². The van der Waals surface area contributed by atoms with E-state index in [4.69, 9.17) is 0 Å². The van der Waals surface area contributed by atoms with Gasteiger partial charge in [-0.25, -0.2) is 4.39 Å². The Kier molecular flexibility index (Phi) is 2.15. The van der Waals surface area contributed by atoms with Crippen molar-refractivity contribution in [2.45, 2.75) is 6.92 Å². The second-order valence-electron chi connectivity index (χ2n) is 3.07. The number of hydrogen-bond acceptors (Lipinski definition) is 2. The lowest BCUT2D eigenvalue weighted by Crippen LogP contribution is -1.86. The highest BCUT2D eigenvalue weighted by Crippen LogP contribution is 2.34. The summed E-state index contributed by atoms with van der Waals surface area (Å²) in [5.74, 6) is -0.943. The largest absolute Gasteiger partial charge is 0.504 e. The van der Waals surface area contributed by atoms with Gasteiger partial charge in [0.05, 0.1) is 0 Å². The van der Waals surface area contributed by atoms with Gasteiger partial charge in [-0.2, -0.15) is 0 Å². The van der Waals surface area contributed by atoms with Crippen LogP contribution in [0.3, 0.4) is 0 Å². The van der Waals surface area contributed by atoms with Crippen LogP contribution < -0.4 is 0 Å². The van der Waals surface area contributed by atoms with Crippen LogP contribution in [0.4, 0.5) is 4.39 Å². The van der Waals surface area contributed by atoms with E-state index >= 15 is 0 Å². The van der Waals surface area contributed by atoms with Crippen molar-refractivity contribution in [1.29, 1.82) is 0 Å². The van der Waals surface area contributed by atoms with E-state index in [0.29, 0.717) is 15.2 Å². The number of benzene rings is 1. The second-order valence-corrected chi connectivity index (χ2v) is 3.92. The molecular formula is C10H7BrFNO. The van der Waals surface area contributed by atoms with E-state index in [9.17, 15) is 9.50 Å². The molecule has 2 rings (SSSR count). The predicted octanol–water partition coefficient (Wildman–Crippen LogP) is 3.15. The lowest BCUT2D eigenvalue weighted by Gasteiger charge is -2.06. The molecule has 0 amide bonds. The number of halogens is 2. The van der Waals surface area contributed by atoms with Crippen molar-refractivity contribution in [2.24, 2.45) is 0 Å². The summed E-state index contributed by atoms with van der Waals surface area (Å²) in [5, 5.41) is 10.8. The SMILES string of the molecule is Cc1cncc2c(Br)cc(F)c(O)c12. The van der Waals surface area contributed by atoms with E-state index in [2.05, 4.69) is 20.9 Å². The molecule has 0 fully saturated rings. The molecule has 14 heavy (non-hydrogen) atoms. The van der Waals surface area contributed by atoms with Crippen molar-refractivity contribution < 1.29 is 9.50 Å². The normalized spacial score (nSPS) is 10.8. The third-order valence-electron chi connectivity index (χ3n) is 2.11. The Labute approximate surface area is 88.5 Å². The van der Waals surface area contributed by atoms with Crippen molar-refractivity contribution in [3.63, 3.8) is 0 Å². The predicted molar refractivity (Wildman–Crippen MR) is 55.8 cm³/mol. The van der Waals surface area contributed by atoms with Crippen LogP contribution in [0.25, 0.3) is 10.8 Å². The molecule has 1 aromatic heterocycles. The Bertz CT molecular complexity index is 513. The highest BCUT2D eigenvalue weighted by molar-refractivity contribution is 9.10. The van der Waals surface area contributed by atoms with Gasteiger partial charge < -0.3 is 5.11 Å². The number of aromatic hydroxyl groups is 1. The van der Waals surface area contributed by atoms with E-state index in [-0.39, 0.29) is 5.75 Å². The van der Waals surface area contributed by atoms with Crippen LogP contribution in [0.2, 0.25) is 0 Å². The highest BCUT2D eigenvalue weighted by atomic mass is 79.9. The molecule has 1 N–H and O–H groups in total. The zero-order valence-electron chi connectivity index (χ0n) is 7.38. The summed E-state index contributed by atoms with van der Waals surface area (Å²) in [6.45, 7) is 1.78. The Hall–Kier alpha value is -1.16. The number of pyridine rings is 1. The molecule has 2 aromatic rings. The standard InChI is InChI=1S/C10H7BrFNO/c1-5-3-13-4-6-7(11)2-8(12)10(14)9(5)6/h2-4,14H,1H3. The second kappa shape index (κ2) is 3.20. The molecule has 0 bridgehead atoms. The third-order valence-corrected chi connectivity index (χ3v) is 2.77. The van der Waals surface area contributed by atoms with Crippen molar-refractivity contribution in [3.05, 3.63) is 34.3 Å². The average Bonchev–Trinajstić information content (AvgIpc) is 2.14. The zero-order chi connectivity index (χ0) is 10.3. The van der Waals surface area contributed by atoms with Gasteiger partial charge in [-0.1, -0.05) is 0 Å². The van der Waals surface area contributed by atoms with E-state index in [1.54, 1.807) is 19.3 Å². The van der Waals surface area contributed by atoms with Crippen molar-refractivity contribution in [3.8, 4) is 5.75 Å². The Morgan fingerprint density at radius 3 is 2.86 bits per heavy atom. The summed E-state index contributed by atoms with van der Waals surface area (Å²) in [6.07, 6.45) is 3.18. The average molecular weight is 256 g/mol. The molecule has 0 saturated carbocycles. The van der Waals surface area contributed by atoms with Gasteiger partial charge in [0, 0.05) is 27.6 Å². The van der Waals surface area contributed by atoms with Gasteiger partial charge in [0.25, 0.3) is 0 Å². The number of fused-ring (bicyclic) bond motifs is 1. The molecule has 1 heterocycles. The van der Waals surface area contributed by atoms with Crippen molar-refractivity contribution in [1.82, 2.24) is 4.98 Å². The molecule has 0 radical (unpaired) electrons. The minimum Gasteiger partial charge on any atom is -0.504 e. The Morgan fingerprint density at radius 2 is 2.14 bits per heavy atom. The fourth-order valence-electron chi connectivity index (χ4n) is 1.44. The molecule has 2 nitrogen and oxygen atoms in total. The summed E-state index contributed by atoms with van der Waals surface area (Å²) in [7, 11) is 0. The van der Waals surface area contributed by atoms with Crippen molar-refractivity contribution in [2.75, 3.05) is 0 Å². The Balaban J connectivity index is 3.03. The minimum atomic E-state index is -0.626. The summed E-state index contributed by atoms with van der Waals surface area (Å²) < 4.78 is 13.8. The minimum absolute atomic E-state index is 0.317. The Morgan fingerprint density at radius 1 is 1.43 bits per heavy atom. The van der Waals surface area contributed by atoms with Gasteiger partial charge in [-0.3, -0.25) is 4.98 Å². The van der Waals surface area contributed by atoms with Crippen LogP contribution in [0, 0.1) is 12.7 Å². The topological polar surface area (TPSA) is 33.1 Å². The number of nitrogens with zero attached hydrogens (tertiary/aromatic N) is 1. The van der Waals surface area contributed by atoms with Gasteiger partial charge in [0.15, 0.2) is 11.6 Å². The summed E-state index contributed by atoms with van der Waals surface area (Å²) >= 11 is 3.22. The maximum absolute atomic E-state index is 13.2. The first kappa shape index (κ1) is 9.40. The fourth-order valence-corrected chi connectivity index (χ4v) is 1.94. The van der Waals surface area contributed by atoms with Crippen molar-refractivity contribution >= 4 is 26.7 Å². The molecule has 0 aliphatic carbocycles. The molecule has 4 heteroatoms. The summed E-state index contributed by atoms with van der Waals surface area (Å²) in [5.41, 5.74) is 0.750. The first-order valence-electron chi connectivity index (χ1n) is 4.02. The molecule has 72 valence electrons. The van der Waals surface area contributed by atoms with Gasteiger partial charge in [0.1, 0.15) is 0 Å². The number of aromatic nitrogens is 1. The van der Waals surface area contributed by atoms with Gasteiger partial charge in [0.2, 0.25) is 0 Å². The van der Waals surface area contributed by atoms with E-state index in [1.165, 1.54) is 6.07 Å². The maximum Gasteiger partial charge on any atom is 0.166 e. The van der Waals surface area contributed by atoms with E-state index in [0.717, 1.165) is 5.56 Å². The number of aryl methyl sites for hydroxylation is 1. The molecular weight excluding hydrogens is 249 g/mol. The lowest BCUT2D eigenvalue weighted by molar-refractivity contribution is 0.438. The zero-order valence-corrected chi connectivity index (χ0v) is 8.97. The van der Waals surface area contributed by atoms with Crippen LogP contribution >= 0.6 is 15.9 Å². The first-order valence-corrected chi connectivity index (χ1v) is 4.82. The molecule has 0 aliphatic rings. The molecule has 0 saturated heterocycles. The smallest absolute Gasteiger partial charge is 0.166 e. The van der Waals surface area contributed by atoms with Crippen LogP contribution in [-0.2, 0) is 0 Å². The molecule has 0 spiro atoms. The highest BCUT2D eigenvalue weighted by Gasteiger charge is 2.11. The van der Waals surface area contributed by atoms with Gasteiger partial charge in [-0.15, -0.1) is 0 Å². The van der Waals surface area contributed by atoms with Crippen LogP contribution in [-0.4, -0.2) is 10.1 Å².